The van der Waals surface area contributed by atoms with Crippen molar-refractivity contribution in [3.63, 3.8) is 0 Å². The summed E-state index contributed by atoms with van der Waals surface area (Å²) >= 11 is 0. The van der Waals surface area contributed by atoms with Crippen LogP contribution in [-0.2, 0) is 10.3 Å². The van der Waals surface area contributed by atoms with Crippen molar-refractivity contribution in [2.75, 3.05) is 7.11 Å². The van der Waals surface area contributed by atoms with Crippen LogP contribution < -0.4 is 10.5 Å². The fourth-order valence-corrected chi connectivity index (χ4v) is 2.41. The molecule has 2 rings (SSSR count). The van der Waals surface area contributed by atoms with Gasteiger partial charge in [0.2, 0.25) is 0 Å². The van der Waals surface area contributed by atoms with Gasteiger partial charge < -0.3 is 15.6 Å². The van der Waals surface area contributed by atoms with E-state index in [0.717, 1.165) is 6.42 Å². The smallest absolute Gasteiger partial charge is 0.185 e. The molecule has 2 unspecified atom stereocenters. The van der Waals surface area contributed by atoms with Gasteiger partial charge in [0.05, 0.1) is 7.11 Å². The van der Waals surface area contributed by atoms with Crippen LogP contribution in [0.15, 0.2) is 24.3 Å². The van der Waals surface area contributed by atoms with Crippen LogP contribution in [0.3, 0.4) is 0 Å². The molecule has 0 radical (unpaired) electrons. The molecule has 4 heteroatoms. The van der Waals surface area contributed by atoms with Crippen molar-refractivity contribution in [2.45, 2.75) is 30.9 Å². The Hall–Kier alpha value is -1.39. The lowest BCUT2D eigenvalue weighted by molar-refractivity contribution is -0.136. The fraction of sp³-hybridized carbons (Fsp3) is 0.462. The zero-order valence-electron chi connectivity index (χ0n) is 9.85. The molecule has 0 aromatic heterocycles. The molecule has 0 heterocycles. The minimum atomic E-state index is -1.12. The highest BCUT2D eigenvalue weighted by Crippen LogP contribution is 2.36. The molecule has 3 N–H and O–H groups in total. The van der Waals surface area contributed by atoms with Gasteiger partial charge in [-0.25, -0.2) is 0 Å². The molecule has 0 aliphatic heterocycles. The van der Waals surface area contributed by atoms with Gasteiger partial charge in [0.25, 0.3) is 0 Å². The molecule has 2 atom stereocenters. The third kappa shape index (κ3) is 1.94. The van der Waals surface area contributed by atoms with Crippen LogP contribution in [0.5, 0.6) is 5.75 Å². The van der Waals surface area contributed by atoms with Crippen molar-refractivity contribution in [1.82, 2.24) is 0 Å². The summed E-state index contributed by atoms with van der Waals surface area (Å²) in [4.78, 5) is 12.1. The summed E-state index contributed by atoms with van der Waals surface area (Å²) < 4.78 is 5.23. The molecule has 1 aliphatic rings. The number of carbonyl (C=O) groups excluding carboxylic acids is 1. The van der Waals surface area contributed by atoms with Crippen molar-refractivity contribution in [3.8, 4) is 5.75 Å². The number of benzene rings is 1. The van der Waals surface area contributed by atoms with Crippen molar-refractivity contribution < 1.29 is 14.6 Å². The molecule has 1 aromatic carbocycles. The summed E-state index contributed by atoms with van der Waals surface area (Å²) in [6.45, 7) is 0. The van der Waals surface area contributed by atoms with E-state index in [1.807, 2.05) is 12.1 Å². The number of Topliss-reactive ketones (excluding diaryl/α,β-unsaturated/α-hetero) is 1. The molecule has 0 bridgehead atoms. The number of hydrogen-bond acceptors (Lipinski definition) is 4. The van der Waals surface area contributed by atoms with Crippen molar-refractivity contribution in [3.05, 3.63) is 29.8 Å². The van der Waals surface area contributed by atoms with E-state index >= 15 is 0 Å². The molecule has 0 saturated heterocycles. The summed E-state index contributed by atoms with van der Waals surface area (Å²) in [5.74, 6) is 0.283. The molecular formula is C13H17NO3. The van der Waals surface area contributed by atoms with E-state index in [1.165, 1.54) is 0 Å². The summed E-state index contributed by atoms with van der Waals surface area (Å²) in [7, 11) is 1.55. The molecular weight excluding hydrogens is 218 g/mol. The average molecular weight is 235 g/mol. The first kappa shape index (κ1) is 12.1. The minimum Gasteiger partial charge on any atom is -0.496 e. The Morgan fingerprint density at radius 1 is 1.47 bits per heavy atom. The van der Waals surface area contributed by atoms with E-state index in [1.54, 1.807) is 19.2 Å². The van der Waals surface area contributed by atoms with Crippen LogP contribution in [-0.4, -0.2) is 24.1 Å². The normalized spacial score (nSPS) is 29.1. The predicted molar refractivity (Wildman–Crippen MR) is 63.7 cm³/mol. The van der Waals surface area contributed by atoms with Crippen LogP contribution in [0.25, 0.3) is 0 Å². The van der Waals surface area contributed by atoms with E-state index in [9.17, 15) is 9.90 Å². The van der Waals surface area contributed by atoms with Gasteiger partial charge in [0.1, 0.15) is 17.4 Å². The number of methoxy groups -OCH3 is 1. The van der Waals surface area contributed by atoms with Gasteiger partial charge in [-0.2, -0.15) is 0 Å². The SMILES string of the molecule is COc1ccccc1C1(N)CCCC(O)C1=O. The fourth-order valence-electron chi connectivity index (χ4n) is 2.41. The van der Waals surface area contributed by atoms with E-state index in [-0.39, 0.29) is 5.78 Å². The van der Waals surface area contributed by atoms with Gasteiger partial charge in [0.15, 0.2) is 5.78 Å². The predicted octanol–water partition coefficient (Wildman–Crippen LogP) is 0.963. The van der Waals surface area contributed by atoms with E-state index < -0.39 is 11.6 Å². The summed E-state index contributed by atoms with van der Waals surface area (Å²) in [5, 5.41) is 9.67. The van der Waals surface area contributed by atoms with Gasteiger partial charge in [-0.3, -0.25) is 4.79 Å². The summed E-state index contributed by atoms with van der Waals surface area (Å²) in [5.41, 5.74) is 5.74. The molecule has 0 amide bonds. The van der Waals surface area contributed by atoms with Gasteiger partial charge in [0, 0.05) is 5.56 Å². The maximum absolute atomic E-state index is 12.1. The number of ether oxygens (including phenoxy) is 1. The van der Waals surface area contributed by atoms with Gasteiger partial charge >= 0.3 is 0 Å². The minimum absolute atomic E-state index is 0.312. The van der Waals surface area contributed by atoms with Crippen LogP contribution in [0.1, 0.15) is 24.8 Å². The van der Waals surface area contributed by atoms with Gasteiger partial charge in [-0.1, -0.05) is 18.2 Å². The molecule has 92 valence electrons. The van der Waals surface area contributed by atoms with E-state index in [4.69, 9.17) is 10.5 Å². The lowest BCUT2D eigenvalue weighted by Gasteiger charge is -2.35. The Morgan fingerprint density at radius 3 is 2.88 bits per heavy atom. The average Bonchev–Trinajstić information content (AvgIpc) is 2.36. The largest absolute Gasteiger partial charge is 0.496 e. The van der Waals surface area contributed by atoms with Crippen molar-refractivity contribution in [2.24, 2.45) is 5.73 Å². The number of nitrogens with two attached hydrogens (primary N) is 1. The number of carbonyl (C=O) groups is 1. The Balaban J connectivity index is 2.46. The second kappa shape index (κ2) is 4.47. The highest BCUT2D eigenvalue weighted by Gasteiger charge is 2.43. The second-order valence-electron chi connectivity index (χ2n) is 4.44. The number of hydrogen-bond donors (Lipinski definition) is 2. The number of aliphatic hydroxyl groups excluding tert-OH is 1. The third-order valence-corrected chi connectivity index (χ3v) is 3.38. The number of para-hydroxylation sites is 1. The lowest BCUT2D eigenvalue weighted by Crippen LogP contribution is -2.52. The topological polar surface area (TPSA) is 72.6 Å². The molecule has 1 aliphatic carbocycles. The van der Waals surface area contributed by atoms with Crippen molar-refractivity contribution in [1.29, 1.82) is 0 Å². The van der Waals surface area contributed by atoms with Gasteiger partial charge in [-0.15, -0.1) is 0 Å². The van der Waals surface area contributed by atoms with E-state index in [2.05, 4.69) is 0 Å². The number of rotatable bonds is 2. The monoisotopic (exact) mass is 235 g/mol. The highest BCUT2D eigenvalue weighted by atomic mass is 16.5. The number of aliphatic hydroxyl groups is 1. The molecule has 0 spiro atoms. The first-order valence-electron chi connectivity index (χ1n) is 5.74. The first-order chi connectivity index (χ1) is 8.09. The Labute approximate surface area is 100 Å². The Bertz CT molecular complexity index is 432. The molecule has 4 nitrogen and oxygen atoms in total. The molecule has 17 heavy (non-hydrogen) atoms. The zero-order valence-corrected chi connectivity index (χ0v) is 9.85. The molecule has 1 aromatic rings. The van der Waals surface area contributed by atoms with Crippen molar-refractivity contribution >= 4 is 5.78 Å². The zero-order chi connectivity index (χ0) is 12.5. The standard InChI is InChI=1S/C13H17NO3/c1-17-11-7-3-2-5-9(11)13(14)8-4-6-10(15)12(13)16/h2-3,5,7,10,15H,4,6,8,14H2,1H3. The molecule has 1 fully saturated rings. The highest BCUT2D eigenvalue weighted by molar-refractivity contribution is 5.94. The quantitative estimate of drug-likeness (QED) is 0.801. The van der Waals surface area contributed by atoms with Crippen LogP contribution >= 0.6 is 0 Å². The second-order valence-corrected chi connectivity index (χ2v) is 4.44. The Kier molecular flexibility index (Phi) is 3.17. The maximum Gasteiger partial charge on any atom is 0.185 e. The van der Waals surface area contributed by atoms with Gasteiger partial charge in [-0.05, 0) is 25.3 Å². The lowest BCUT2D eigenvalue weighted by atomic mass is 9.75. The summed E-state index contributed by atoms with van der Waals surface area (Å²) in [6.07, 6.45) is 0.816. The maximum atomic E-state index is 12.1. The first-order valence-corrected chi connectivity index (χ1v) is 5.74. The third-order valence-electron chi connectivity index (χ3n) is 3.38. The molecule has 1 saturated carbocycles. The van der Waals surface area contributed by atoms with Crippen LogP contribution in [0.2, 0.25) is 0 Å². The number of ketones is 1. The van der Waals surface area contributed by atoms with Crippen LogP contribution in [0, 0.1) is 0 Å². The van der Waals surface area contributed by atoms with E-state index in [0.29, 0.717) is 24.2 Å². The summed E-state index contributed by atoms with van der Waals surface area (Å²) in [6, 6.07) is 7.21. The van der Waals surface area contributed by atoms with Crippen LogP contribution in [0.4, 0.5) is 0 Å². The Morgan fingerprint density at radius 2 is 2.18 bits per heavy atom.